The average Bonchev–Trinajstić information content (AvgIpc) is 2.72. The van der Waals surface area contributed by atoms with E-state index in [2.05, 4.69) is 28.6 Å². The number of carbonyl (C=O) groups excluding carboxylic acids is 3. The predicted octanol–water partition coefficient (Wildman–Crippen LogP) is -0.203. The number of phenols is 1. The van der Waals surface area contributed by atoms with E-state index in [4.69, 9.17) is 5.73 Å². The van der Waals surface area contributed by atoms with Crippen molar-refractivity contribution in [1.82, 2.24) is 16.0 Å². The molecule has 0 heterocycles. The number of carboxylic acid groups (broad SMARTS) is 1. The SMILES string of the molecule is CC(C)CC(NC(=O)C(C)NC(=O)C(N)CS)C(=O)NC(Cc1ccc(O)cc1)C(=O)O. The van der Waals surface area contributed by atoms with E-state index < -0.39 is 47.9 Å². The number of hydrogen-bond acceptors (Lipinski definition) is 7. The fourth-order valence-corrected chi connectivity index (χ4v) is 2.97. The van der Waals surface area contributed by atoms with Crippen LogP contribution in [0.25, 0.3) is 0 Å². The number of nitrogens with one attached hydrogen (secondary N) is 3. The number of aliphatic carboxylic acids is 1. The van der Waals surface area contributed by atoms with E-state index in [9.17, 15) is 29.4 Å². The van der Waals surface area contributed by atoms with Crippen molar-refractivity contribution in [2.24, 2.45) is 11.7 Å². The van der Waals surface area contributed by atoms with Gasteiger partial charge in [-0.2, -0.15) is 12.6 Å². The normalized spacial score (nSPS) is 14.7. The van der Waals surface area contributed by atoms with Gasteiger partial charge in [0, 0.05) is 12.2 Å². The van der Waals surface area contributed by atoms with Gasteiger partial charge in [0.2, 0.25) is 17.7 Å². The summed E-state index contributed by atoms with van der Waals surface area (Å²) >= 11 is 3.94. The molecule has 0 saturated heterocycles. The largest absolute Gasteiger partial charge is 0.508 e. The van der Waals surface area contributed by atoms with E-state index in [0.717, 1.165) is 0 Å². The standard InChI is InChI=1S/C21H32N4O6S/c1-11(2)8-16(24-18(27)12(3)23-19(28)15(22)10-32)20(29)25-17(21(30)31)9-13-4-6-14(26)7-5-13/h4-7,11-12,15-17,26,32H,8-10,22H2,1-3H3,(H,23,28)(H,24,27)(H,25,29)(H,30,31). The molecule has 1 aromatic carbocycles. The monoisotopic (exact) mass is 468 g/mol. The molecule has 0 spiro atoms. The van der Waals surface area contributed by atoms with E-state index in [1.807, 2.05) is 13.8 Å². The highest BCUT2D eigenvalue weighted by Gasteiger charge is 2.29. The zero-order chi connectivity index (χ0) is 24.4. The highest BCUT2D eigenvalue weighted by molar-refractivity contribution is 7.80. The Kier molecular flexibility index (Phi) is 11.0. The lowest BCUT2D eigenvalue weighted by Gasteiger charge is -2.24. The molecular weight excluding hydrogens is 436 g/mol. The Morgan fingerprint density at radius 1 is 0.938 bits per heavy atom. The summed E-state index contributed by atoms with van der Waals surface area (Å²) in [5.74, 6) is -2.86. The molecule has 0 aliphatic heterocycles. The minimum atomic E-state index is -1.23. The first-order chi connectivity index (χ1) is 14.9. The number of hydrogen-bond donors (Lipinski definition) is 7. The maximum atomic E-state index is 12.8. The smallest absolute Gasteiger partial charge is 0.326 e. The van der Waals surface area contributed by atoms with E-state index >= 15 is 0 Å². The summed E-state index contributed by atoms with van der Waals surface area (Å²) in [6.07, 6.45) is 0.262. The lowest BCUT2D eigenvalue weighted by atomic mass is 10.0. The van der Waals surface area contributed by atoms with Crippen molar-refractivity contribution in [3.8, 4) is 5.75 Å². The number of nitrogens with two attached hydrogens (primary N) is 1. The maximum absolute atomic E-state index is 12.8. The van der Waals surface area contributed by atoms with Crippen molar-refractivity contribution in [2.75, 3.05) is 5.75 Å². The molecule has 0 aromatic heterocycles. The van der Waals surface area contributed by atoms with Gasteiger partial charge < -0.3 is 31.9 Å². The molecule has 11 heteroatoms. The van der Waals surface area contributed by atoms with Crippen molar-refractivity contribution in [2.45, 2.75) is 57.8 Å². The number of benzene rings is 1. The van der Waals surface area contributed by atoms with E-state index in [1.54, 1.807) is 12.1 Å². The van der Waals surface area contributed by atoms with E-state index in [1.165, 1.54) is 19.1 Å². The molecule has 4 unspecified atom stereocenters. The molecule has 0 radical (unpaired) electrons. The molecule has 0 fully saturated rings. The summed E-state index contributed by atoms with van der Waals surface area (Å²) in [6, 6.07) is 1.91. The second-order valence-corrected chi connectivity index (χ2v) is 8.35. The third kappa shape index (κ3) is 9.15. The number of thiol groups is 1. The fraction of sp³-hybridized carbons (Fsp3) is 0.524. The van der Waals surface area contributed by atoms with Gasteiger partial charge in [0.15, 0.2) is 0 Å². The molecule has 0 aliphatic carbocycles. The van der Waals surface area contributed by atoms with Gasteiger partial charge in [-0.1, -0.05) is 26.0 Å². The van der Waals surface area contributed by atoms with Gasteiger partial charge in [0.25, 0.3) is 0 Å². The first kappa shape index (κ1) is 27.2. The third-order valence-corrected chi connectivity index (χ3v) is 5.01. The van der Waals surface area contributed by atoms with Crippen LogP contribution in [0, 0.1) is 5.92 Å². The molecule has 7 N–H and O–H groups in total. The Balaban J connectivity index is 2.86. The lowest BCUT2D eigenvalue weighted by Crippen LogP contribution is -2.57. The number of carbonyl (C=O) groups is 4. The quantitative estimate of drug-likeness (QED) is 0.208. The topological polar surface area (TPSA) is 171 Å². The van der Waals surface area contributed by atoms with Crippen LogP contribution in [0.4, 0.5) is 0 Å². The highest BCUT2D eigenvalue weighted by Crippen LogP contribution is 2.12. The van der Waals surface area contributed by atoms with E-state index in [-0.39, 0.29) is 30.3 Å². The van der Waals surface area contributed by atoms with Gasteiger partial charge in [-0.3, -0.25) is 14.4 Å². The van der Waals surface area contributed by atoms with Crippen molar-refractivity contribution >= 4 is 36.3 Å². The molecule has 4 atom stereocenters. The molecule has 1 rings (SSSR count). The van der Waals surface area contributed by atoms with Crippen LogP contribution >= 0.6 is 12.6 Å². The summed E-state index contributed by atoms with van der Waals surface area (Å²) < 4.78 is 0. The van der Waals surface area contributed by atoms with Crippen LogP contribution in [0.5, 0.6) is 5.75 Å². The molecule has 0 bridgehead atoms. The van der Waals surface area contributed by atoms with Gasteiger partial charge in [-0.15, -0.1) is 0 Å². The number of aromatic hydroxyl groups is 1. The van der Waals surface area contributed by atoms with Crippen molar-refractivity contribution < 1.29 is 29.4 Å². The summed E-state index contributed by atoms with van der Waals surface area (Å²) in [5, 5.41) is 26.4. The van der Waals surface area contributed by atoms with Crippen LogP contribution in [0.15, 0.2) is 24.3 Å². The zero-order valence-electron chi connectivity index (χ0n) is 18.4. The van der Waals surface area contributed by atoms with Crippen LogP contribution in [0.3, 0.4) is 0 Å². The Morgan fingerprint density at radius 3 is 2.00 bits per heavy atom. The van der Waals surface area contributed by atoms with Crippen LogP contribution < -0.4 is 21.7 Å². The van der Waals surface area contributed by atoms with Crippen molar-refractivity contribution in [3.05, 3.63) is 29.8 Å². The van der Waals surface area contributed by atoms with E-state index in [0.29, 0.717) is 5.56 Å². The second kappa shape index (κ2) is 12.9. The average molecular weight is 469 g/mol. The third-order valence-electron chi connectivity index (χ3n) is 4.62. The Morgan fingerprint density at radius 2 is 1.50 bits per heavy atom. The fourth-order valence-electron chi connectivity index (χ4n) is 2.81. The minimum absolute atomic E-state index is 0.00221. The van der Waals surface area contributed by atoms with Gasteiger partial charge in [-0.25, -0.2) is 4.79 Å². The summed E-state index contributed by atoms with van der Waals surface area (Å²) in [6.45, 7) is 5.16. The number of amides is 3. The van der Waals surface area contributed by atoms with Crippen LogP contribution in [0.2, 0.25) is 0 Å². The Labute approximate surface area is 192 Å². The molecule has 0 saturated carbocycles. The van der Waals surface area contributed by atoms with Crippen molar-refractivity contribution in [3.63, 3.8) is 0 Å². The zero-order valence-corrected chi connectivity index (χ0v) is 19.3. The Hall–Kier alpha value is -2.79. The second-order valence-electron chi connectivity index (χ2n) is 7.98. The van der Waals surface area contributed by atoms with Crippen LogP contribution in [-0.2, 0) is 25.6 Å². The number of rotatable bonds is 12. The highest BCUT2D eigenvalue weighted by atomic mass is 32.1. The molecule has 1 aromatic rings. The van der Waals surface area contributed by atoms with Crippen LogP contribution in [-0.4, -0.2) is 63.8 Å². The molecule has 32 heavy (non-hydrogen) atoms. The molecular formula is C21H32N4O6S. The number of carboxylic acids is 1. The number of phenolic OH excluding ortho intramolecular Hbond substituents is 1. The summed E-state index contributed by atoms with van der Waals surface area (Å²) in [5.41, 5.74) is 6.19. The van der Waals surface area contributed by atoms with Gasteiger partial charge in [-0.05, 0) is 37.0 Å². The molecule has 178 valence electrons. The predicted molar refractivity (Wildman–Crippen MR) is 122 cm³/mol. The van der Waals surface area contributed by atoms with Gasteiger partial charge in [0.1, 0.15) is 23.9 Å². The van der Waals surface area contributed by atoms with Crippen molar-refractivity contribution in [1.29, 1.82) is 0 Å². The lowest BCUT2D eigenvalue weighted by molar-refractivity contribution is -0.142. The Bertz CT molecular complexity index is 802. The first-order valence-electron chi connectivity index (χ1n) is 10.2. The maximum Gasteiger partial charge on any atom is 0.326 e. The minimum Gasteiger partial charge on any atom is -0.508 e. The molecule has 3 amide bonds. The summed E-state index contributed by atoms with van der Waals surface area (Å²) in [7, 11) is 0. The first-order valence-corrected chi connectivity index (χ1v) is 10.9. The summed E-state index contributed by atoms with van der Waals surface area (Å²) in [4.78, 5) is 48.9. The van der Waals surface area contributed by atoms with Crippen LogP contribution in [0.1, 0.15) is 32.8 Å². The molecule has 10 nitrogen and oxygen atoms in total. The molecule has 0 aliphatic rings. The van der Waals surface area contributed by atoms with Gasteiger partial charge in [0.05, 0.1) is 6.04 Å². The van der Waals surface area contributed by atoms with Gasteiger partial charge >= 0.3 is 5.97 Å².